The number of carbonyl (C=O) groups is 2. The summed E-state index contributed by atoms with van der Waals surface area (Å²) in [6.45, 7) is 1.79. The van der Waals surface area contributed by atoms with Crippen molar-refractivity contribution in [1.82, 2.24) is 5.32 Å². The number of esters is 1. The number of rotatable bonds is 3. The molecule has 1 aromatic rings. The van der Waals surface area contributed by atoms with Gasteiger partial charge in [0.1, 0.15) is 6.54 Å². The highest BCUT2D eigenvalue weighted by Crippen LogP contribution is 2.03. The van der Waals surface area contributed by atoms with Crippen molar-refractivity contribution >= 4 is 11.9 Å². The summed E-state index contributed by atoms with van der Waals surface area (Å²) in [5.74, 6) is -0.736. The Balaban J connectivity index is 2.58. The van der Waals surface area contributed by atoms with Crippen molar-refractivity contribution < 1.29 is 14.3 Å². The van der Waals surface area contributed by atoms with Gasteiger partial charge < -0.3 is 10.1 Å². The van der Waals surface area contributed by atoms with E-state index >= 15 is 0 Å². The minimum atomic E-state index is -0.462. The number of amides is 1. The smallest absolute Gasteiger partial charge is 0.325 e. The van der Waals surface area contributed by atoms with Crippen molar-refractivity contribution in [3.05, 3.63) is 35.4 Å². The van der Waals surface area contributed by atoms with Gasteiger partial charge in [-0.15, -0.1) is 0 Å². The topological polar surface area (TPSA) is 55.4 Å². The molecule has 0 radical (unpaired) electrons. The molecule has 80 valence electrons. The minimum Gasteiger partial charge on any atom is -0.468 e. The molecule has 0 saturated carbocycles. The van der Waals surface area contributed by atoms with E-state index in [2.05, 4.69) is 10.1 Å². The molecule has 1 amide bonds. The third-order valence-electron chi connectivity index (χ3n) is 1.90. The van der Waals surface area contributed by atoms with Crippen molar-refractivity contribution in [2.75, 3.05) is 13.7 Å². The second kappa shape index (κ2) is 5.14. The standard InChI is InChI=1S/C11H13NO3/c1-8-4-3-5-9(6-8)11(14)12-7-10(13)15-2/h3-6H,7H2,1-2H3,(H,12,14). The molecule has 15 heavy (non-hydrogen) atoms. The molecule has 0 saturated heterocycles. The van der Waals surface area contributed by atoms with Crippen molar-refractivity contribution in [3.63, 3.8) is 0 Å². The zero-order valence-electron chi connectivity index (χ0n) is 8.74. The summed E-state index contributed by atoms with van der Waals surface area (Å²) in [4.78, 5) is 22.3. The lowest BCUT2D eigenvalue weighted by molar-refractivity contribution is -0.139. The summed E-state index contributed by atoms with van der Waals surface area (Å²) in [7, 11) is 1.28. The number of aryl methyl sites for hydroxylation is 1. The van der Waals surface area contributed by atoms with E-state index in [1.165, 1.54) is 7.11 Å². The molecular weight excluding hydrogens is 194 g/mol. The van der Waals surface area contributed by atoms with Gasteiger partial charge in [0, 0.05) is 5.56 Å². The van der Waals surface area contributed by atoms with Crippen LogP contribution in [-0.2, 0) is 9.53 Å². The largest absolute Gasteiger partial charge is 0.468 e. The van der Waals surface area contributed by atoms with Gasteiger partial charge in [0.15, 0.2) is 0 Å². The summed E-state index contributed by atoms with van der Waals surface area (Å²) in [6, 6.07) is 7.14. The van der Waals surface area contributed by atoms with Crippen LogP contribution in [0.1, 0.15) is 15.9 Å². The predicted molar refractivity (Wildman–Crippen MR) is 55.5 cm³/mol. The summed E-state index contributed by atoms with van der Waals surface area (Å²) in [6.07, 6.45) is 0. The van der Waals surface area contributed by atoms with Gasteiger partial charge in [0.25, 0.3) is 5.91 Å². The first kappa shape index (κ1) is 11.2. The molecule has 0 atom stereocenters. The molecule has 0 unspecified atom stereocenters. The molecule has 0 aliphatic heterocycles. The molecule has 0 spiro atoms. The first-order valence-corrected chi connectivity index (χ1v) is 4.55. The van der Waals surface area contributed by atoms with E-state index in [-0.39, 0.29) is 12.5 Å². The Labute approximate surface area is 88.2 Å². The van der Waals surface area contributed by atoms with E-state index in [0.717, 1.165) is 5.56 Å². The number of ether oxygens (including phenoxy) is 1. The Kier molecular flexibility index (Phi) is 3.85. The molecule has 0 heterocycles. The normalized spacial score (nSPS) is 9.47. The van der Waals surface area contributed by atoms with Gasteiger partial charge in [0.05, 0.1) is 7.11 Å². The highest BCUT2D eigenvalue weighted by Gasteiger charge is 2.07. The maximum absolute atomic E-state index is 11.5. The molecule has 1 rings (SSSR count). The van der Waals surface area contributed by atoms with Crippen LogP contribution in [0.3, 0.4) is 0 Å². The molecule has 1 N–H and O–H groups in total. The van der Waals surface area contributed by atoms with Gasteiger partial charge in [0.2, 0.25) is 0 Å². The minimum absolute atomic E-state index is 0.108. The summed E-state index contributed by atoms with van der Waals surface area (Å²) in [5, 5.41) is 2.46. The number of hydrogen-bond donors (Lipinski definition) is 1. The van der Waals surface area contributed by atoms with Crippen LogP contribution in [0.4, 0.5) is 0 Å². The van der Waals surface area contributed by atoms with E-state index in [4.69, 9.17) is 0 Å². The summed E-state index contributed by atoms with van der Waals surface area (Å²) in [5.41, 5.74) is 1.54. The van der Waals surface area contributed by atoms with Crippen molar-refractivity contribution in [2.45, 2.75) is 6.92 Å². The van der Waals surface area contributed by atoms with Crippen LogP contribution in [0.5, 0.6) is 0 Å². The Morgan fingerprint density at radius 1 is 1.40 bits per heavy atom. The first-order chi connectivity index (χ1) is 7.13. The van der Waals surface area contributed by atoms with Crippen molar-refractivity contribution in [2.24, 2.45) is 0 Å². The molecule has 1 aromatic carbocycles. The molecular formula is C11H13NO3. The fourth-order valence-corrected chi connectivity index (χ4v) is 1.11. The second-order valence-corrected chi connectivity index (χ2v) is 3.13. The van der Waals surface area contributed by atoms with E-state index in [1.54, 1.807) is 18.2 Å². The second-order valence-electron chi connectivity index (χ2n) is 3.13. The maximum atomic E-state index is 11.5. The third-order valence-corrected chi connectivity index (χ3v) is 1.90. The number of nitrogens with one attached hydrogen (secondary N) is 1. The first-order valence-electron chi connectivity index (χ1n) is 4.55. The average molecular weight is 207 g/mol. The van der Waals surface area contributed by atoms with Gasteiger partial charge >= 0.3 is 5.97 Å². The van der Waals surface area contributed by atoms with Crippen LogP contribution >= 0.6 is 0 Å². The molecule has 0 bridgehead atoms. The maximum Gasteiger partial charge on any atom is 0.325 e. The molecule has 0 aliphatic carbocycles. The third kappa shape index (κ3) is 3.42. The zero-order chi connectivity index (χ0) is 11.3. The van der Waals surface area contributed by atoms with Gasteiger partial charge in [-0.05, 0) is 19.1 Å². The van der Waals surface area contributed by atoms with Crippen LogP contribution in [-0.4, -0.2) is 25.5 Å². The van der Waals surface area contributed by atoms with Gasteiger partial charge in [-0.1, -0.05) is 17.7 Å². The number of benzene rings is 1. The van der Waals surface area contributed by atoms with E-state index in [1.807, 2.05) is 13.0 Å². The van der Waals surface area contributed by atoms with Gasteiger partial charge in [-0.3, -0.25) is 9.59 Å². The Bertz CT molecular complexity index is 374. The monoisotopic (exact) mass is 207 g/mol. The van der Waals surface area contributed by atoms with E-state index < -0.39 is 5.97 Å². The Morgan fingerprint density at radius 3 is 2.73 bits per heavy atom. The van der Waals surface area contributed by atoms with Crippen LogP contribution < -0.4 is 5.32 Å². The van der Waals surface area contributed by atoms with Crippen molar-refractivity contribution in [3.8, 4) is 0 Å². The lowest BCUT2D eigenvalue weighted by Crippen LogP contribution is -2.30. The summed E-state index contributed by atoms with van der Waals surface area (Å²) >= 11 is 0. The van der Waals surface area contributed by atoms with Crippen LogP contribution in [0.2, 0.25) is 0 Å². The average Bonchev–Trinajstić information content (AvgIpc) is 2.25. The fourth-order valence-electron chi connectivity index (χ4n) is 1.11. The molecule has 0 aromatic heterocycles. The molecule has 4 nitrogen and oxygen atoms in total. The van der Waals surface area contributed by atoms with E-state index in [9.17, 15) is 9.59 Å². The Morgan fingerprint density at radius 2 is 2.13 bits per heavy atom. The molecule has 0 aliphatic rings. The number of hydrogen-bond acceptors (Lipinski definition) is 3. The van der Waals surface area contributed by atoms with Gasteiger partial charge in [-0.25, -0.2) is 0 Å². The lowest BCUT2D eigenvalue weighted by Gasteiger charge is -2.04. The zero-order valence-corrected chi connectivity index (χ0v) is 8.74. The predicted octanol–water partition coefficient (Wildman–Crippen LogP) is 0.898. The number of carbonyl (C=O) groups excluding carboxylic acids is 2. The SMILES string of the molecule is COC(=O)CNC(=O)c1cccc(C)c1. The molecule has 0 fully saturated rings. The van der Waals surface area contributed by atoms with Gasteiger partial charge in [-0.2, -0.15) is 0 Å². The van der Waals surface area contributed by atoms with Crippen LogP contribution in [0.15, 0.2) is 24.3 Å². The highest BCUT2D eigenvalue weighted by molar-refractivity contribution is 5.96. The van der Waals surface area contributed by atoms with E-state index in [0.29, 0.717) is 5.56 Å². The fraction of sp³-hybridized carbons (Fsp3) is 0.273. The Hall–Kier alpha value is -1.84. The number of methoxy groups -OCH3 is 1. The highest BCUT2D eigenvalue weighted by atomic mass is 16.5. The quantitative estimate of drug-likeness (QED) is 0.749. The van der Waals surface area contributed by atoms with Crippen molar-refractivity contribution in [1.29, 1.82) is 0 Å². The van der Waals surface area contributed by atoms with Crippen LogP contribution in [0, 0.1) is 6.92 Å². The lowest BCUT2D eigenvalue weighted by atomic mass is 10.1. The summed E-state index contributed by atoms with van der Waals surface area (Å²) < 4.78 is 4.41. The van der Waals surface area contributed by atoms with Crippen LogP contribution in [0.25, 0.3) is 0 Å². The molecule has 4 heteroatoms.